The van der Waals surface area contributed by atoms with Crippen molar-refractivity contribution < 1.29 is 82.5 Å². The van der Waals surface area contributed by atoms with Gasteiger partial charge in [-0.15, -0.1) is 15.0 Å². The van der Waals surface area contributed by atoms with Crippen molar-refractivity contribution >= 4 is 0 Å². The molecule has 3 radical (unpaired) electrons. The van der Waals surface area contributed by atoms with Gasteiger partial charge in [0.15, 0.2) is 0 Å². The number of hydrogen-bond donors (Lipinski definition) is 3. The summed E-state index contributed by atoms with van der Waals surface area (Å²) in [5.41, 5.74) is 0. The number of rotatable bonds is 0. The van der Waals surface area contributed by atoms with Crippen molar-refractivity contribution in [1.29, 1.82) is 0 Å². The van der Waals surface area contributed by atoms with E-state index >= 15 is 0 Å². The van der Waals surface area contributed by atoms with Gasteiger partial charge in [-0.1, -0.05) is 0 Å². The summed E-state index contributed by atoms with van der Waals surface area (Å²) in [6, 6.07) is -2.12. The van der Waals surface area contributed by atoms with Gasteiger partial charge in [-0.05, 0) is 0 Å². The molecule has 0 aliphatic rings. The van der Waals surface area contributed by atoms with Gasteiger partial charge in [-0.3, -0.25) is 0 Å². The molecule has 1 aromatic rings. The van der Waals surface area contributed by atoms with Gasteiger partial charge >= 0.3 is 18.0 Å². The maximum atomic E-state index is 8.41. The van der Waals surface area contributed by atoms with Gasteiger partial charge in [0.1, 0.15) is 0 Å². The van der Waals surface area contributed by atoms with Gasteiger partial charge < -0.3 is 15.3 Å². The largest absolute Gasteiger partial charge is 0.479 e. The quantitative estimate of drug-likeness (QED) is 0.436. The number of nitrogens with zero attached hydrogens (tertiary/aromatic N) is 3. The van der Waals surface area contributed by atoms with E-state index in [1.165, 1.54) is 0 Å². The molecule has 9 heteroatoms. The Kier molecular flexibility index (Phi) is 12.6. The zero-order valence-electron chi connectivity index (χ0n) is 5.09. The van der Waals surface area contributed by atoms with Crippen LogP contribution in [0.4, 0.5) is 0 Å². The smallest absolute Gasteiger partial charge is 0.323 e. The summed E-state index contributed by atoms with van der Waals surface area (Å²) in [7, 11) is 0. The fraction of sp³-hybridized carbons (Fsp3) is 0. The molecule has 0 aliphatic heterocycles. The third kappa shape index (κ3) is 6.18. The van der Waals surface area contributed by atoms with Gasteiger partial charge in [0.05, 0.1) is 0 Å². The molecule has 3 N–H and O–H groups in total. The van der Waals surface area contributed by atoms with E-state index in [1.807, 2.05) is 0 Å². The maximum absolute atomic E-state index is 8.41. The van der Waals surface area contributed by atoms with Crippen molar-refractivity contribution in [2.75, 3.05) is 0 Å². The average molecular weight is 453 g/mol. The minimum atomic E-state index is -0.708. The minimum Gasteiger partial charge on any atom is -0.479 e. The Morgan fingerprint density at radius 3 is 0.917 bits per heavy atom. The van der Waals surface area contributed by atoms with Crippen LogP contribution in [0.1, 0.15) is 0 Å². The van der Waals surface area contributed by atoms with Crippen molar-refractivity contribution in [2.24, 2.45) is 0 Å². The first-order chi connectivity index (χ1) is 4.18. The van der Waals surface area contributed by atoms with Gasteiger partial charge in [-0.2, -0.15) is 0 Å². The van der Waals surface area contributed by atoms with Crippen LogP contribution in [0.3, 0.4) is 0 Å². The molecule has 1 heterocycles. The molecule has 0 aromatic carbocycles. The van der Waals surface area contributed by atoms with Crippen LogP contribution in [0.2, 0.25) is 0 Å². The first kappa shape index (κ1) is 18.4. The Balaban J connectivity index is -0.000000270. The van der Waals surface area contributed by atoms with E-state index in [0.29, 0.717) is 0 Å². The van der Waals surface area contributed by atoms with Crippen molar-refractivity contribution in [3.05, 3.63) is 0 Å². The molecule has 1 rings (SSSR count). The van der Waals surface area contributed by atoms with Gasteiger partial charge in [0, 0.05) is 67.1 Å². The minimum absolute atomic E-state index is 0. The van der Waals surface area contributed by atoms with Crippen LogP contribution in [0.15, 0.2) is 0 Å². The van der Waals surface area contributed by atoms with Crippen LogP contribution in [0.5, 0.6) is 18.0 Å². The first-order valence-electron chi connectivity index (χ1n) is 2.01. The Hall–Kier alpha value is 0.631. The summed E-state index contributed by atoms with van der Waals surface area (Å²) < 4.78 is 0. The number of aromatic nitrogens is 3. The zero-order chi connectivity index (χ0) is 6.85. The van der Waals surface area contributed by atoms with Crippen LogP contribution >= 0.6 is 0 Å². The van der Waals surface area contributed by atoms with E-state index < -0.39 is 18.0 Å². The SMILES string of the molecule is Oc1nc(O)nc(O)n1.[Ag].[Ag].[Ag]. The second-order valence-electron chi connectivity index (χ2n) is 1.24. The molecule has 0 saturated heterocycles. The monoisotopic (exact) mass is 450 g/mol. The van der Waals surface area contributed by atoms with E-state index in [0.717, 1.165) is 0 Å². The summed E-state index contributed by atoms with van der Waals surface area (Å²) in [6.07, 6.45) is 0. The molecule has 0 amide bonds. The molecular weight excluding hydrogens is 450 g/mol. The maximum Gasteiger partial charge on any atom is 0.323 e. The Bertz CT molecular complexity index is 185. The van der Waals surface area contributed by atoms with E-state index in [4.69, 9.17) is 15.3 Å². The summed E-state index contributed by atoms with van der Waals surface area (Å²) in [5.74, 6) is 0. The van der Waals surface area contributed by atoms with E-state index in [-0.39, 0.29) is 67.1 Å². The van der Waals surface area contributed by atoms with E-state index in [9.17, 15) is 0 Å². The number of aromatic hydroxyl groups is 3. The molecule has 81 valence electrons. The Morgan fingerprint density at radius 2 is 0.750 bits per heavy atom. The van der Waals surface area contributed by atoms with Gasteiger partial charge in [0.2, 0.25) is 0 Å². The van der Waals surface area contributed by atoms with Crippen LogP contribution < -0.4 is 0 Å². The average Bonchev–Trinajstić information content (AvgIpc) is 1.59. The normalized spacial score (nSPS) is 7.00. The molecule has 0 unspecified atom stereocenters. The summed E-state index contributed by atoms with van der Waals surface area (Å²) in [6.45, 7) is 0. The van der Waals surface area contributed by atoms with Crippen molar-refractivity contribution in [3.8, 4) is 18.0 Å². The molecule has 0 fully saturated rings. The third-order valence-electron chi connectivity index (χ3n) is 0.600. The van der Waals surface area contributed by atoms with Crippen LogP contribution in [0.25, 0.3) is 0 Å². The zero-order valence-corrected chi connectivity index (χ0v) is 9.53. The fourth-order valence-corrected chi connectivity index (χ4v) is 0.343. The standard InChI is InChI=1S/C3H3N3O3.3Ag/c7-1-4-2(8)6-3(9)5-1;;;/h(H3,4,5,6,7,8,9);;;. The van der Waals surface area contributed by atoms with Crippen LogP contribution in [0, 0.1) is 0 Å². The van der Waals surface area contributed by atoms with E-state index in [1.54, 1.807) is 0 Å². The topological polar surface area (TPSA) is 99.4 Å². The second-order valence-corrected chi connectivity index (χ2v) is 1.24. The predicted molar refractivity (Wildman–Crippen MR) is 24.8 cm³/mol. The first-order valence-corrected chi connectivity index (χ1v) is 2.01. The molecule has 0 aliphatic carbocycles. The van der Waals surface area contributed by atoms with Gasteiger partial charge in [0.25, 0.3) is 0 Å². The second kappa shape index (κ2) is 8.24. The summed E-state index contributed by atoms with van der Waals surface area (Å²) in [5, 5.41) is 25.2. The molecule has 1 aromatic heterocycles. The van der Waals surface area contributed by atoms with Crippen molar-refractivity contribution in [1.82, 2.24) is 15.0 Å². The molecule has 0 saturated carbocycles. The predicted octanol–water partition coefficient (Wildman–Crippen LogP) is -1.02. The molecule has 12 heavy (non-hydrogen) atoms. The fourth-order valence-electron chi connectivity index (χ4n) is 0.343. The molecular formula is C3H3Ag3N3O3. The van der Waals surface area contributed by atoms with Gasteiger partial charge in [-0.25, -0.2) is 0 Å². The van der Waals surface area contributed by atoms with Crippen molar-refractivity contribution in [2.45, 2.75) is 0 Å². The Morgan fingerprint density at radius 1 is 0.583 bits per heavy atom. The van der Waals surface area contributed by atoms with Crippen LogP contribution in [-0.4, -0.2) is 30.3 Å². The summed E-state index contributed by atoms with van der Waals surface area (Å²) >= 11 is 0. The number of hydrogen-bond acceptors (Lipinski definition) is 6. The molecule has 0 atom stereocenters. The molecule has 6 nitrogen and oxygen atoms in total. The van der Waals surface area contributed by atoms with Crippen LogP contribution in [-0.2, 0) is 67.1 Å². The Labute approximate surface area is 114 Å². The van der Waals surface area contributed by atoms with E-state index in [2.05, 4.69) is 15.0 Å². The van der Waals surface area contributed by atoms with Crippen molar-refractivity contribution in [3.63, 3.8) is 0 Å². The summed E-state index contributed by atoms with van der Waals surface area (Å²) in [4.78, 5) is 8.89. The molecule has 0 bridgehead atoms. The molecule has 0 spiro atoms. The third-order valence-corrected chi connectivity index (χ3v) is 0.600.